The molecule has 1 fully saturated rings. The maximum absolute atomic E-state index is 10.4. The molecule has 2 atom stereocenters. The Labute approximate surface area is 148 Å². The third-order valence-corrected chi connectivity index (χ3v) is 5.61. The van der Waals surface area contributed by atoms with E-state index in [0.717, 1.165) is 18.7 Å². The predicted octanol–water partition coefficient (Wildman–Crippen LogP) is 3.95. The Hall–Kier alpha value is -1.36. The summed E-state index contributed by atoms with van der Waals surface area (Å²) < 4.78 is 5.95. The van der Waals surface area contributed by atoms with Gasteiger partial charge in [-0.25, -0.2) is 0 Å². The number of nitrogens with zero attached hydrogens (tertiary/aromatic N) is 1. The maximum atomic E-state index is 10.4. The van der Waals surface area contributed by atoms with E-state index >= 15 is 0 Å². The van der Waals surface area contributed by atoms with Crippen molar-refractivity contribution in [3.8, 4) is 5.75 Å². The number of ether oxygens (including phenoxy) is 1. The molecule has 1 aromatic heterocycles. The molecule has 2 aromatic rings. The summed E-state index contributed by atoms with van der Waals surface area (Å²) in [4.78, 5) is 3.71. The normalized spacial score (nSPS) is 20.0. The molecule has 0 bridgehead atoms. The van der Waals surface area contributed by atoms with Crippen LogP contribution in [0.4, 0.5) is 0 Å². The highest BCUT2D eigenvalue weighted by atomic mass is 32.1. The van der Waals surface area contributed by atoms with Gasteiger partial charge in [-0.1, -0.05) is 30.7 Å². The summed E-state index contributed by atoms with van der Waals surface area (Å²) in [5.41, 5.74) is 1.18. The first-order chi connectivity index (χ1) is 11.7. The van der Waals surface area contributed by atoms with Crippen LogP contribution in [0.15, 0.2) is 41.8 Å². The van der Waals surface area contributed by atoms with Crippen LogP contribution in [0.2, 0.25) is 0 Å². The van der Waals surface area contributed by atoms with Gasteiger partial charge in [-0.05, 0) is 49.4 Å². The van der Waals surface area contributed by atoms with Gasteiger partial charge in [-0.15, -0.1) is 11.3 Å². The van der Waals surface area contributed by atoms with E-state index in [1.807, 2.05) is 18.2 Å². The maximum Gasteiger partial charge on any atom is 0.122 e. The molecular weight excluding hydrogens is 318 g/mol. The van der Waals surface area contributed by atoms with E-state index < -0.39 is 6.10 Å². The van der Waals surface area contributed by atoms with Crippen molar-refractivity contribution < 1.29 is 9.84 Å². The molecule has 0 saturated carbocycles. The van der Waals surface area contributed by atoms with Crippen molar-refractivity contribution >= 4 is 11.3 Å². The van der Waals surface area contributed by atoms with Crippen LogP contribution < -0.4 is 4.74 Å². The topological polar surface area (TPSA) is 32.7 Å². The fourth-order valence-corrected chi connectivity index (χ4v) is 4.06. The lowest BCUT2D eigenvalue weighted by Crippen LogP contribution is -2.43. The van der Waals surface area contributed by atoms with Gasteiger partial charge in [0.05, 0.1) is 0 Å². The van der Waals surface area contributed by atoms with Crippen LogP contribution in [-0.2, 0) is 6.42 Å². The molecule has 1 aliphatic rings. The van der Waals surface area contributed by atoms with Gasteiger partial charge in [0.1, 0.15) is 18.5 Å². The number of aliphatic hydroxyl groups is 1. The molecule has 3 nitrogen and oxygen atoms in total. The lowest BCUT2D eigenvalue weighted by atomic mass is 10.0. The smallest absolute Gasteiger partial charge is 0.122 e. The summed E-state index contributed by atoms with van der Waals surface area (Å²) in [6.07, 6.45) is 4.21. The number of thiophene rings is 1. The number of piperidine rings is 1. The summed E-state index contributed by atoms with van der Waals surface area (Å²) in [6, 6.07) is 12.9. The number of aliphatic hydroxyl groups excluding tert-OH is 1. The molecule has 0 amide bonds. The van der Waals surface area contributed by atoms with Crippen molar-refractivity contribution in [1.29, 1.82) is 0 Å². The van der Waals surface area contributed by atoms with E-state index in [2.05, 4.69) is 35.4 Å². The van der Waals surface area contributed by atoms with Gasteiger partial charge < -0.3 is 9.84 Å². The zero-order valence-corrected chi connectivity index (χ0v) is 15.2. The molecular formula is C20H27NO2S. The second-order valence-corrected chi connectivity index (χ2v) is 7.70. The molecule has 1 aliphatic heterocycles. The molecule has 3 rings (SSSR count). The number of benzene rings is 1. The Bertz CT molecular complexity index is 614. The third-order valence-electron chi connectivity index (χ3n) is 4.73. The highest BCUT2D eigenvalue weighted by Crippen LogP contribution is 2.24. The molecule has 24 heavy (non-hydrogen) atoms. The minimum Gasteiger partial charge on any atom is -0.491 e. The average Bonchev–Trinajstić information content (AvgIpc) is 3.09. The number of β-amino-alcohol motifs (C(OH)–C–C–N with tert-alkyl or cyclic N) is 1. The minimum atomic E-state index is -0.444. The number of rotatable bonds is 7. The highest BCUT2D eigenvalue weighted by molar-refractivity contribution is 7.09. The molecule has 2 heterocycles. The Morgan fingerprint density at radius 1 is 1.25 bits per heavy atom. The van der Waals surface area contributed by atoms with Gasteiger partial charge in [-0.2, -0.15) is 0 Å². The highest BCUT2D eigenvalue weighted by Gasteiger charge is 2.21. The van der Waals surface area contributed by atoms with E-state index in [0.29, 0.717) is 19.2 Å². The van der Waals surface area contributed by atoms with Crippen LogP contribution >= 0.6 is 11.3 Å². The van der Waals surface area contributed by atoms with Crippen LogP contribution in [0.1, 0.15) is 36.6 Å². The minimum absolute atomic E-state index is 0.352. The second kappa shape index (κ2) is 8.65. The Balaban J connectivity index is 1.54. The first kappa shape index (κ1) is 17.5. The molecule has 0 radical (unpaired) electrons. The molecule has 0 spiro atoms. The van der Waals surface area contributed by atoms with Gasteiger partial charge in [0.15, 0.2) is 0 Å². The largest absolute Gasteiger partial charge is 0.491 e. The van der Waals surface area contributed by atoms with Gasteiger partial charge in [0, 0.05) is 23.9 Å². The van der Waals surface area contributed by atoms with Crippen molar-refractivity contribution in [2.24, 2.45) is 0 Å². The summed E-state index contributed by atoms with van der Waals surface area (Å²) in [5, 5.41) is 12.5. The Morgan fingerprint density at radius 2 is 2.12 bits per heavy atom. The average molecular weight is 346 g/mol. The number of hydrogen-bond acceptors (Lipinski definition) is 4. The molecule has 0 aliphatic carbocycles. The van der Waals surface area contributed by atoms with Crippen LogP contribution in [0.25, 0.3) is 0 Å². The van der Waals surface area contributed by atoms with Gasteiger partial charge in [0.2, 0.25) is 0 Å². The van der Waals surface area contributed by atoms with Crippen LogP contribution in [0.3, 0.4) is 0 Å². The van der Waals surface area contributed by atoms with Crippen molar-refractivity contribution in [1.82, 2.24) is 4.90 Å². The van der Waals surface area contributed by atoms with E-state index in [1.165, 1.54) is 29.7 Å². The van der Waals surface area contributed by atoms with Crippen LogP contribution in [-0.4, -0.2) is 41.8 Å². The summed E-state index contributed by atoms with van der Waals surface area (Å²) in [5.74, 6) is 0.886. The van der Waals surface area contributed by atoms with Crippen molar-refractivity contribution in [3.63, 3.8) is 0 Å². The van der Waals surface area contributed by atoms with E-state index in [1.54, 1.807) is 11.3 Å². The Morgan fingerprint density at radius 3 is 2.92 bits per heavy atom. The predicted molar refractivity (Wildman–Crippen MR) is 100.0 cm³/mol. The quantitative estimate of drug-likeness (QED) is 0.825. The first-order valence-electron chi connectivity index (χ1n) is 8.87. The van der Waals surface area contributed by atoms with E-state index in [-0.39, 0.29) is 0 Å². The molecule has 130 valence electrons. The summed E-state index contributed by atoms with van der Waals surface area (Å²) in [7, 11) is 0. The lowest BCUT2D eigenvalue weighted by molar-refractivity contribution is 0.0436. The fraction of sp³-hybridized carbons (Fsp3) is 0.500. The second-order valence-electron chi connectivity index (χ2n) is 6.67. The zero-order valence-electron chi connectivity index (χ0n) is 14.4. The fourth-order valence-electron chi connectivity index (χ4n) is 3.33. The van der Waals surface area contributed by atoms with Crippen molar-refractivity contribution in [2.75, 3.05) is 19.7 Å². The van der Waals surface area contributed by atoms with Crippen molar-refractivity contribution in [2.45, 2.75) is 44.8 Å². The first-order valence-corrected chi connectivity index (χ1v) is 9.75. The molecule has 4 heteroatoms. The summed E-state index contributed by atoms with van der Waals surface area (Å²) >= 11 is 1.76. The van der Waals surface area contributed by atoms with Crippen molar-refractivity contribution in [3.05, 3.63) is 52.2 Å². The number of hydrogen-bond donors (Lipinski definition) is 1. The monoisotopic (exact) mass is 345 g/mol. The van der Waals surface area contributed by atoms with Crippen LogP contribution in [0, 0.1) is 0 Å². The van der Waals surface area contributed by atoms with E-state index in [4.69, 9.17) is 4.74 Å². The number of likely N-dealkylation sites (tertiary alicyclic amines) is 1. The van der Waals surface area contributed by atoms with Gasteiger partial charge >= 0.3 is 0 Å². The lowest BCUT2D eigenvalue weighted by Gasteiger charge is -2.34. The zero-order chi connectivity index (χ0) is 16.8. The molecule has 1 aromatic carbocycles. The number of para-hydroxylation sites is 1. The standard InChI is InChI=1S/C20H27NO2S/c1-16-7-4-5-11-21(16)14-18(22)15-23-20-10-3-2-8-17(20)13-19-9-6-12-24-19/h2-3,6,8-10,12,16,18,22H,4-5,7,11,13-15H2,1H3. The molecule has 2 unspecified atom stereocenters. The van der Waals surface area contributed by atoms with E-state index in [9.17, 15) is 5.11 Å². The Kier molecular flexibility index (Phi) is 6.30. The van der Waals surface area contributed by atoms with Crippen LogP contribution in [0.5, 0.6) is 5.75 Å². The molecule has 1 saturated heterocycles. The van der Waals surface area contributed by atoms with Gasteiger partial charge in [0.25, 0.3) is 0 Å². The third kappa shape index (κ3) is 4.82. The summed E-state index contributed by atoms with van der Waals surface area (Å²) in [6.45, 7) is 4.40. The SMILES string of the molecule is CC1CCCCN1CC(O)COc1ccccc1Cc1cccs1. The van der Waals surface area contributed by atoms with Gasteiger partial charge in [-0.3, -0.25) is 4.90 Å². The molecule has 1 N–H and O–H groups in total.